The van der Waals surface area contributed by atoms with E-state index in [4.69, 9.17) is 20.9 Å². The number of allylic oxidation sites excluding steroid dienone is 2. The molecule has 6 aliphatic rings. The van der Waals surface area contributed by atoms with Crippen LogP contribution < -0.4 is 26.8 Å². The van der Waals surface area contributed by atoms with Crippen molar-refractivity contribution < 1.29 is 29.3 Å². The lowest BCUT2D eigenvalue weighted by Gasteiger charge is -2.42. The van der Waals surface area contributed by atoms with Crippen LogP contribution in [0, 0.1) is 11.3 Å². The highest BCUT2D eigenvalue weighted by molar-refractivity contribution is 8.76. The van der Waals surface area contributed by atoms with Crippen LogP contribution in [0.4, 0.5) is 0 Å². The van der Waals surface area contributed by atoms with Crippen molar-refractivity contribution in [2.45, 2.75) is 134 Å². The van der Waals surface area contributed by atoms with Gasteiger partial charge in [0.15, 0.2) is 17.5 Å². The summed E-state index contributed by atoms with van der Waals surface area (Å²) in [7, 11) is 3.49. The van der Waals surface area contributed by atoms with Gasteiger partial charge in [-0.3, -0.25) is 9.59 Å². The molecule has 1 aromatic carbocycles. The molecule has 0 aromatic heterocycles. The first-order valence-electron chi connectivity index (χ1n) is 20.4. The number of aliphatic imine (C=N–C) groups is 1. The number of aliphatic hydroxyl groups is 1. The third-order valence-corrected chi connectivity index (χ3v) is 14.3. The van der Waals surface area contributed by atoms with Gasteiger partial charge in [0.2, 0.25) is 5.91 Å². The molecular formula is C41H62N6O6S2. The van der Waals surface area contributed by atoms with Crippen LogP contribution in [-0.4, -0.2) is 82.0 Å². The highest BCUT2D eigenvalue weighted by atomic mass is 33.1. The first-order chi connectivity index (χ1) is 26.5. The summed E-state index contributed by atoms with van der Waals surface area (Å²) in [4.78, 5) is 32.8. The van der Waals surface area contributed by atoms with Crippen LogP contribution in [-0.2, 0) is 27.3 Å². The van der Waals surface area contributed by atoms with E-state index in [0.717, 1.165) is 74.7 Å². The molecule has 4 aliphatic heterocycles. The Balaban J connectivity index is 1.28. The summed E-state index contributed by atoms with van der Waals surface area (Å²) >= 11 is 0. The van der Waals surface area contributed by atoms with Crippen molar-refractivity contribution in [3.05, 3.63) is 46.8 Å². The number of amides is 1. The molecule has 6 bridgehead atoms. The number of benzene rings is 1. The van der Waals surface area contributed by atoms with Crippen LogP contribution in [0.2, 0.25) is 0 Å². The third kappa shape index (κ3) is 11.7. The number of dihydropyridines is 1. The van der Waals surface area contributed by atoms with Gasteiger partial charge in [-0.2, -0.15) is 0 Å². The minimum atomic E-state index is -0.767. The topological polar surface area (TPSA) is 185 Å². The Labute approximate surface area is 334 Å². The van der Waals surface area contributed by atoms with Crippen molar-refractivity contribution in [2.24, 2.45) is 27.8 Å². The van der Waals surface area contributed by atoms with E-state index in [0.29, 0.717) is 93.6 Å². The monoisotopic (exact) mass is 798 g/mol. The summed E-state index contributed by atoms with van der Waals surface area (Å²) in [6, 6.07) is 3.89. The van der Waals surface area contributed by atoms with Gasteiger partial charge in [0, 0.05) is 62.7 Å². The zero-order chi connectivity index (χ0) is 38.8. The van der Waals surface area contributed by atoms with Gasteiger partial charge in [-0.25, -0.2) is 4.99 Å². The molecule has 304 valence electrons. The molecule has 4 atom stereocenters. The lowest BCUT2D eigenvalue weighted by Crippen LogP contribution is -2.45. The number of carbonyl (C=O) groups excluding carboxylic acids is 2. The first kappa shape index (κ1) is 41.4. The van der Waals surface area contributed by atoms with Crippen molar-refractivity contribution in [3.63, 3.8) is 0 Å². The number of aliphatic hydroxyl groups excluding tert-OH is 1. The lowest BCUT2D eigenvalue weighted by atomic mass is 9.72. The number of nitrogens with one attached hydrogen (secondary N) is 2. The highest BCUT2D eigenvalue weighted by Gasteiger charge is 2.44. The first-order valence-corrected chi connectivity index (χ1v) is 22.8. The fourth-order valence-corrected chi connectivity index (χ4v) is 11.1. The normalized spacial score (nSPS) is 29.4. The van der Waals surface area contributed by atoms with Crippen LogP contribution in [0.3, 0.4) is 0 Å². The highest BCUT2D eigenvalue weighted by Crippen LogP contribution is 2.45. The standard InChI is InChI=1S/C41H62N6O6S2/c1-28(48)53-41-13-10-29-19-32(38(51)35(20-29)52-33-8-4-5-9-33)25-47-26-40(24-37(47)50,22-30-12-16-44-36(42)21-30)15-17-45-39(43)46-27-55-54-18-6-2-3-7-31(11-14-41)34(49)23-41/h12,19-21,31,33-34,44,49,51H,2-11,13-18,22-27,42H2,1H3,(H3,43,45,46)/t31-,34-,40+,41+/m1/s1. The Hall–Kier alpha value is -3.23. The summed E-state index contributed by atoms with van der Waals surface area (Å²) in [5.74, 6) is 2.98. The molecule has 3 fully saturated rings. The van der Waals surface area contributed by atoms with Gasteiger partial charge >= 0.3 is 5.97 Å². The van der Waals surface area contributed by atoms with E-state index < -0.39 is 11.7 Å². The van der Waals surface area contributed by atoms with Crippen molar-refractivity contribution in [1.29, 1.82) is 0 Å². The molecule has 0 spiro atoms. The number of fused-ring (bicyclic) bond motifs is 14. The zero-order valence-corrected chi connectivity index (χ0v) is 34.1. The van der Waals surface area contributed by atoms with Crippen LogP contribution in [0.25, 0.3) is 0 Å². The Morgan fingerprint density at radius 3 is 2.65 bits per heavy atom. The van der Waals surface area contributed by atoms with E-state index in [1.807, 2.05) is 23.1 Å². The summed E-state index contributed by atoms with van der Waals surface area (Å²) < 4.78 is 12.5. The number of nitrogens with two attached hydrogens (primary N) is 2. The smallest absolute Gasteiger partial charge is 0.303 e. The SMILES string of the molecule is CC(=O)O[C@@]12CCc3cc(c(O)c(OC4CCCC4)c3)CN3C[C@](CC4=CCNC(N)=C4)(CCNC(N)=NCSSCCCCC[C@H](CC1)[C@H](O)C2)CC3=O. The van der Waals surface area contributed by atoms with E-state index in [9.17, 15) is 19.8 Å². The molecule has 8 N–H and O–H groups in total. The molecule has 4 heterocycles. The number of nitrogens with zero attached hydrogens (tertiary/aromatic N) is 2. The predicted molar refractivity (Wildman–Crippen MR) is 220 cm³/mol. The number of hydrogen-bond acceptors (Lipinski definition) is 13. The molecule has 0 radical (unpaired) electrons. The lowest BCUT2D eigenvalue weighted by molar-refractivity contribution is -0.168. The number of phenolic OH excluding ortho intramolecular Hbond substituents is 1. The molecule has 12 nitrogen and oxygen atoms in total. The molecule has 7 rings (SSSR count). The van der Waals surface area contributed by atoms with Gasteiger partial charge in [-0.05, 0) is 106 Å². The van der Waals surface area contributed by atoms with Crippen molar-refractivity contribution in [3.8, 4) is 11.5 Å². The number of aryl methyl sites for hydroxylation is 1. The van der Waals surface area contributed by atoms with E-state index >= 15 is 0 Å². The molecule has 55 heavy (non-hydrogen) atoms. The molecule has 1 aromatic rings. The van der Waals surface area contributed by atoms with E-state index in [-0.39, 0.29) is 41.6 Å². The van der Waals surface area contributed by atoms with E-state index in [1.54, 1.807) is 21.6 Å². The number of guanidine groups is 1. The molecule has 1 saturated heterocycles. The Bertz CT molecular complexity index is 1600. The van der Waals surface area contributed by atoms with Crippen molar-refractivity contribution in [2.75, 3.05) is 31.3 Å². The van der Waals surface area contributed by atoms with E-state index in [1.165, 1.54) is 6.92 Å². The molecular weight excluding hydrogens is 737 g/mol. The molecule has 0 unspecified atom stereocenters. The maximum atomic E-state index is 13.9. The fourth-order valence-electron chi connectivity index (χ4n) is 9.26. The van der Waals surface area contributed by atoms with Gasteiger partial charge in [-0.1, -0.05) is 46.6 Å². The number of hydrogen-bond donors (Lipinski definition) is 6. The summed E-state index contributed by atoms with van der Waals surface area (Å²) in [5, 5.41) is 29.5. The molecule has 2 saturated carbocycles. The minimum absolute atomic E-state index is 0.0291. The second-order valence-electron chi connectivity index (χ2n) is 16.5. The van der Waals surface area contributed by atoms with Gasteiger partial charge in [-0.15, -0.1) is 0 Å². The zero-order valence-electron chi connectivity index (χ0n) is 32.5. The van der Waals surface area contributed by atoms with Crippen LogP contribution >= 0.6 is 21.6 Å². The van der Waals surface area contributed by atoms with Crippen LogP contribution in [0.1, 0.15) is 114 Å². The maximum Gasteiger partial charge on any atom is 0.303 e. The van der Waals surface area contributed by atoms with Crippen molar-refractivity contribution >= 4 is 39.4 Å². The van der Waals surface area contributed by atoms with Gasteiger partial charge in [0.05, 0.1) is 23.9 Å². The summed E-state index contributed by atoms with van der Waals surface area (Å²) in [5.41, 5.74) is 14.0. The number of carbonyl (C=O) groups is 2. The third-order valence-electron chi connectivity index (χ3n) is 12.1. The van der Waals surface area contributed by atoms with Gasteiger partial charge in [0.25, 0.3) is 0 Å². The number of rotatable bonds is 5. The second-order valence-corrected chi connectivity index (χ2v) is 19.0. The molecule has 1 amide bonds. The average molecular weight is 799 g/mol. The fraction of sp³-hybridized carbons (Fsp3) is 0.683. The quantitative estimate of drug-likeness (QED) is 0.157. The maximum absolute atomic E-state index is 13.9. The van der Waals surface area contributed by atoms with Gasteiger partial charge < -0.3 is 46.7 Å². The number of aromatic hydroxyl groups is 1. The molecule has 2 aliphatic carbocycles. The van der Waals surface area contributed by atoms with Crippen LogP contribution in [0.5, 0.6) is 11.5 Å². The number of ether oxygens (including phenoxy) is 2. The van der Waals surface area contributed by atoms with E-state index in [2.05, 4.69) is 21.7 Å². The Morgan fingerprint density at radius 1 is 1.05 bits per heavy atom. The predicted octanol–water partition coefficient (Wildman–Crippen LogP) is 5.75. The largest absolute Gasteiger partial charge is 0.504 e. The number of esters is 1. The van der Waals surface area contributed by atoms with Gasteiger partial charge in [0.1, 0.15) is 5.60 Å². The summed E-state index contributed by atoms with van der Waals surface area (Å²) in [6.45, 7) is 3.40. The van der Waals surface area contributed by atoms with Crippen molar-refractivity contribution in [1.82, 2.24) is 15.5 Å². The molecule has 14 heteroatoms. The second kappa shape index (κ2) is 19.3. The Kier molecular flexibility index (Phi) is 14.5. The minimum Gasteiger partial charge on any atom is -0.504 e. The average Bonchev–Trinajstić information content (AvgIpc) is 3.75. The summed E-state index contributed by atoms with van der Waals surface area (Å²) in [6.07, 6.45) is 16.6. The number of phenols is 1. The van der Waals surface area contributed by atoms with Crippen LogP contribution in [0.15, 0.2) is 40.7 Å². The Morgan fingerprint density at radius 2 is 1.87 bits per heavy atom.